The Labute approximate surface area is 224 Å². The van der Waals surface area contributed by atoms with Crippen LogP contribution in [-0.2, 0) is 9.59 Å². The third-order valence-corrected chi connectivity index (χ3v) is 6.90. The van der Waals surface area contributed by atoms with Crippen LogP contribution >= 0.6 is 0 Å². The van der Waals surface area contributed by atoms with E-state index in [9.17, 15) is 9.59 Å². The summed E-state index contributed by atoms with van der Waals surface area (Å²) in [7, 11) is 0. The summed E-state index contributed by atoms with van der Waals surface area (Å²) in [5.41, 5.74) is 5.49. The molecule has 0 fully saturated rings. The maximum Gasteiger partial charge on any atom is 0.229 e. The number of nitrogens with zero attached hydrogens (tertiary/aromatic N) is 1. The summed E-state index contributed by atoms with van der Waals surface area (Å²) in [5, 5.41) is 6.60. The lowest BCUT2D eigenvalue weighted by Crippen LogP contribution is -2.42. The van der Waals surface area contributed by atoms with Crippen molar-refractivity contribution >= 4 is 11.8 Å². The van der Waals surface area contributed by atoms with E-state index in [2.05, 4.69) is 24.5 Å². The minimum atomic E-state index is 0.0157. The van der Waals surface area contributed by atoms with Crippen molar-refractivity contribution in [1.29, 1.82) is 0 Å². The number of amides is 2. The lowest BCUT2D eigenvalue weighted by Gasteiger charge is -2.21. The SMILES string of the molecule is CCCCCCCCCCCC(=O)N(CCNCCNCCN)C(=O)CCCCCCCCCCC. The molecule has 0 saturated carbocycles. The van der Waals surface area contributed by atoms with Crippen LogP contribution in [0.2, 0.25) is 0 Å². The molecule has 4 N–H and O–H groups in total. The van der Waals surface area contributed by atoms with Gasteiger partial charge in [0.25, 0.3) is 0 Å². The number of nitrogens with two attached hydrogens (primary N) is 1. The van der Waals surface area contributed by atoms with Crippen molar-refractivity contribution in [3.63, 3.8) is 0 Å². The molecule has 0 aliphatic heterocycles. The number of imide groups is 1. The molecule has 214 valence electrons. The number of hydrogen-bond donors (Lipinski definition) is 3. The number of hydrogen-bond acceptors (Lipinski definition) is 5. The average molecular weight is 511 g/mol. The van der Waals surface area contributed by atoms with Gasteiger partial charge in [0.2, 0.25) is 11.8 Å². The molecule has 2 amide bonds. The minimum Gasteiger partial charge on any atom is -0.329 e. The van der Waals surface area contributed by atoms with Crippen LogP contribution in [-0.4, -0.2) is 56.0 Å². The van der Waals surface area contributed by atoms with E-state index in [1.165, 1.54) is 94.8 Å². The monoisotopic (exact) mass is 510 g/mol. The Balaban J connectivity index is 4.22. The van der Waals surface area contributed by atoms with Gasteiger partial charge in [0.05, 0.1) is 0 Å². The molecule has 0 spiro atoms. The van der Waals surface area contributed by atoms with Gasteiger partial charge in [0.15, 0.2) is 0 Å². The van der Waals surface area contributed by atoms with E-state index in [-0.39, 0.29) is 11.8 Å². The van der Waals surface area contributed by atoms with E-state index in [1.807, 2.05) is 0 Å². The van der Waals surface area contributed by atoms with E-state index in [0.717, 1.165) is 45.3 Å². The summed E-state index contributed by atoms with van der Waals surface area (Å²) in [5.74, 6) is 0.0313. The highest BCUT2D eigenvalue weighted by atomic mass is 16.2. The first-order valence-electron chi connectivity index (χ1n) is 15.6. The molecule has 0 aromatic rings. The van der Waals surface area contributed by atoms with Gasteiger partial charge >= 0.3 is 0 Å². The minimum absolute atomic E-state index is 0.0157. The molecular formula is C30H62N4O2. The molecule has 0 aromatic heterocycles. The smallest absolute Gasteiger partial charge is 0.229 e. The number of unbranched alkanes of at least 4 members (excludes halogenated alkanes) is 16. The molecule has 0 aliphatic rings. The van der Waals surface area contributed by atoms with Gasteiger partial charge in [0, 0.05) is 52.1 Å². The molecule has 0 atom stereocenters. The zero-order chi connectivity index (χ0) is 26.5. The summed E-state index contributed by atoms with van der Waals surface area (Å²) in [6.45, 7) is 8.72. The van der Waals surface area contributed by atoms with Crippen molar-refractivity contribution in [1.82, 2.24) is 15.5 Å². The Kier molecular flexibility index (Phi) is 27.8. The summed E-state index contributed by atoms with van der Waals surface area (Å²) in [6, 6.07) is 0. The Morgan fingerprint density at radius 3 is 1.28 bits per heavy atom. The standard InChI is InChI=1S/C30H62N4O2/c1-3-5-7-9-11-13-15-17-19-21-29(35)34(28-27-33-26-25-32-24-23-31)30(36)22-20-18-16-14-12-10-8-6-4-2/h32-33H,3-28,31H2,1-2H3. The number of carbonyl (C=O) groups excluding carboxylic acids is 2. The summed E-state index contributed by atoms with van der Waals surface area (Å²) < 4.78 is 0. The quantitative estimate of drug-likeness (QED) is 0.107. The maximum atomic E-state index is 12.9. The van der Waals surface area contributed by atoms with Gasteiger partial charge in [-0.05, 0) is 12.8 Å². The Bertz CT molecular complexity index is 454. The first-order chi connectivity index (χ1) is 17.7. The molecule has 0 bridgehead atoms. The van der Waals surface area contributed by atoms with Crippen LogP contribution in [0.1, 0.15) is 142 Å². The fourth-order valence-corrected chi connectivity index (χ4v) is 4.55. The molecule has 0 rings (SSSR count). The van der Waals surface area contributed by atoms with Gasteiger partial charge in [-0.25, -0.2) is 0 Å². The van der Waals surface area contributed by atoms with Gasteiger partial charge in [0.1, 0.15) is 0 Å². The van der Waals surface area contributed by atoms with Crippen LogP contribution in [0, 0.1) is 0 Å². The average Bonchev–Trinajstić information content (AvgIpc) is 2.88. The Morgan fingerprint density at radius 1 is 0.528 bits per heavy atom. The third kappa shape index (κ3) is 23.4. The molecule has 0 heterocycles. The van der Waals surface area contributed by atoms with Gasteiger partial charge < -0.3 is 16.4 Å². The Morgan fingerprint density at radius 2 is 0.889 bits per heavy atom. The van der Waals surface area contributed by atoms with E-state index in [0.29, 0.717) is 32.5 Å². The predicted molar refractivity (Wildman–Crippen MR) is 155 cm³/mol. The number of carbonyl (C=O) groups is 2. The summed E-state index contributed by atoms with van der Waals surface area (Å²) in [4.78, 5) is 27.4. The van der Waals surface area contributed by atoms with E-state index in [1.54, 1.807) is 0 Å². The van der Waals surface area contributed by atoms with Crippen molar-refractivity contribution in [2.75, 3.05) is 39.3 Å². The highest BCUT2D eigenvalue weighted by Gasteiger charge is 2.20. The van der Waals surface area contributed by atoms with Gasteiger partial charge in [-0.15, -0.1) is 0 Å². The number of rotatable bonds is 28. The van der Waals surface area contributed by atoms with E-state index in [4.69, 9.17) is 5.73 Å². The molecule has 0 unspecified atom stereocenters. The van der Waals surface area contributed by atoms with Crippen molar-refractivity contribution in [2.24, 2.45) is 5.73 Å². The molecule has 0 aliphatic carbocycles. The van der Waals surface area contributed by atoms with Crippen LogP contribution in [0.4, 0.5) is 0 Å². The second-order valence-corrected chi connectivity index (χ2v) is 10.4. The molecular weight excluding hydrogens is 448 g/mol. The molecule has 0 radical (unpaired) electrons. The first-order valence-corrected chi connectivity index (χ1v) is 15.6. The molecule has 0 saturated heterocycles. The second kappa shape index (κ2) is 28.6. The fourth-order valence-electron chi connectivity index (χ4n) is 4.55. The normalized spacial score (nSPS) is 11.2. The fraction of sp³-hybridized carbons (Fsp3) is 0.933. The second-order valence-electron chi connectivity index (χ2n) is 10.4. The molecule has 36 heavy (non-hydrogen) atoms. The molecule has 0 aromatic carbocycles. The topological polar surface area (TPSA) is 87.5 Å². The van der Waals surface area contributed by atoms with Crippen LogP contribution in [0.15, 0.2) is 0 Å². The van der Waals surface area contributed by atoms with Crippen LogP contribution in [0.25, 0.3) is 0 Å². The maximum absolute atomic E-state index is 12.9. The van der Waals surface area contributed by atoms with Crippen molar-refractivity contribution in [3.8, 4) is 0 Å². The van der Waals surface area contributed by atoms with Crippen LogP contribution in [0.5, 0.6) is 0 Å². The zero-order valence-electron chi connectivity index (χ0n) is 24.2. The molecule has 6 heteroatoms. The van der Waals surface area contributed by atoms with Crippen molar-refractivity contribution in [2.45, 2.75) is 142 Å². The zero-order valence-corrected chi connectivity index (χ0v) is 24.2. The van der Waals surface area contributed by atoms with Crippen molar-refractivity contribution in [3.05, 3.63) is 0 Å². The lowest BCUT2D eigenvalue weighted by atomic mass is 10.1. The molecule has 6 nitrogen and oxygen atoms in total. The van der Waals surface area contributed by atoms with Gasteiger partial charge in [-0.1, -0.05) is 117 Å². The number of nitrogens with one attached hydrogen (secondary N) is 2. The van der Waals surface area contributed by atoms with Gasteiger partial charge in [-0.3, -0.25) is 14.5 Å². The van der Waals surface area contributed by atoms with Crippen LogP contribution in [0.3, 0.4) is 0 Å². The van der Waals surface area contributed by atoms with E-state index >= 15 is 0 Å². The highest BCUT2D eigenvalue weighted by molar-refractivity contribution is 5.95. The van der Waals surface area contributed by atoms with E-state index < -0.39 is 0 Å². The first kappa shape index (κ1) is 35.0. The largest absolute Gasteiger partial charge is 0.329 e. The Hall–Kier alpha value is -0.980. The van der Waals surface area contributed by atoms with Crippen molar-refractivity contribution < 1.29 is 9.59 Å². The van der Waals surface area contributed by atoms with Crippen LogP contribution < -0.4 is 16.4 Å². The van der Waals surface area contributed by atoms with Gasteiger partial charge in [-0.2, -0.15) is 0 Å². The summed E-state index contributed by atoms with van der Waals surface area (Å²) in [6.07, 6.45) is 23.1. The highest BCUT2D eigenvalue weighted by Crippen LogP contribution is 2.14. The predicted octanol–water partition coefficient (Wildman–Crippen LogP) is 6.32. The summed E-state index contributed by atoms with van der Waals surface area (Å²) >= 11 is 0. The lowest BCUT2D eigenvalue weighted by molar-refractivity contribution is -0.145. The third-order valence-electron chi connectivity index (χ3n) is 6.90.